The summed E-state index contributed by atoms with van der Waals surface area (Å²) in [5, 5.41) is 9.53. The van der Waals surface area contributed by atoms with Crippen molar-refractivity contribution in [2.24, 2.45) is 5.73 Å². The molecule has 0 fully saturated rings. The maximum absolute atomic E-state index is 11.6. The quantitative estimate of drug-likeness (QED) is 0.890. The summed E-state index contributed by atoms with van der Waals surface area (Å²) in [5.41, 5.74) is 7.56. The first-order chi connectivity index (χ1) is 9.24. The molecule has 0 aliphatic carbocycles. The van der Waals surface area contributed by atoms with Crippen LogP contribution in [0.5, 0.6) is 0 Å². The predicted octanol–water partition coefficient (Wildman–Crippen LogP) is 3.02. The molecule has 0 radical (unpaired) electrons. The Morgan fingerprint density at radius 2 is 1.40 bits per heavy atom. The minimum absolute atomic E-state index is 0. The average molecular weight is 292 g/mol. The molecule has 2 aromatic carbocycles. The normalized spacial score (nSPS) is 13.1. The standard InChI is InChI=1S/C16H17NO2.ClH/c17-11-14(12-7-3-1-4-8-12)15(16(18)19)13-9-5-2-6-10-13;/h1-10,14-15H,11,17H2,(H,18,19);1H. The molecule has 2 aromatic rings. The zero-order valence-electron chi connectivity index (χ0n) is 11.0. The highest BCUT2D eigenvalue weighted by atomic mass is 35.5. The number of nitrogens with two attached hydrogens (primary N) is 1. The van der Waals surface area contributed by atoms with Crippen molar-refractivity contribution in [2.45, 2.75) is 11.8 Å². The molecule has 2 unspecified atom stereocenters. The maximum atomic E-state index is 11.6. The lowest BCUT2D eigenvalue weighted by Gasteiger charge is -2.23. The fourth-order valence-electron chi connectivity index (χ4n) is 2.37. The lowest BCUT2D eigenvalue weighted by molar-refractivity contribution is -0.139. The number of carbonyl (C=O) groups is 1. The maximum Gasteiger partial charge on any atom is 0.311 e. The molecule has 0 aliphatic rings. The average Bonchev–Trinajstić information content (AvgIpc) is 2.46. The molecular formula is C16H18ClNO2. The van der Waals surface area contributed by atoms with Crippen LogP contribution in [0.3, 0.4) is 0 Å². The number of benzene rings is 2. The van der Waals surface area contributed by atoms with E-state index in [4.69, 9.17) is 5.73 Å². The lowest BCUT2D eigenvalue weighted by Crippen LogP contribution is -2.26. The Balaban J connectivity index is 0.00000200. The number of carboxylic acids is 1. The zero-order chi connectivity index (χ0) is 13.7. The first-order valence-corrected chi connectivity index (χ1v) is 6.26. The number of carboxylic acid groups (broad SMARTS) is 1. The molecule has 0 saturated carbocycles. The largest absolute Gasteiger partial charge is 0.481 e. The first kappa shape index (κ1) is 16.2. The first-order valence-electron chi connectivity index (χ1n) is 6.26. The molecule has 20 heavy (non-hydrogen) atoms. The van der Waals surface area contributed by atoms with Crippen LogP contribution in [0.25, 0.3) is 0 Å². The van der Waals surface area contributed by atoms with E-state index in [1.54, 1.807) is 0 Å². The van der Waals surface area contributed by atoms with Gasteiger partial charge in [-0.1, -0.05) is 60.7 Å². The highest BCUT2D eigenvalue weighted by Gasteiger charge is 2.29. The van der Waals surface area contributed by atoms with Gasteiger partial charge in [0.25, 0.3) is 0 Å². The Morgan fingerprint density at radius 3 is 1.80 bits per heavy atom. The van der Waals surface area contributed by atoms with E-state index in [9.17, 15) is 9.90 Å². The Kier molecular flexibility index (Phi) is 6.22. The van der Waals surface area contributed by atoms with Crippen LogP contribution < -0.4 is 5.73 Å². The summed E-state index contributed by atoms with van der Waals surface area (Å²) in [6, 6.07) is 18.8. The van der Waals surface area contributed by atoms with Gasteiger partial charge in [-0.25, -0.2) is 0 Å². The minimum Gasteiger partial charge on any atom is -0.481 e. The molecule has 2 atom stereocenters. The van der Waals surface area contributed by atoms with Crippen molar-refractivity contribution >= 4 is 18.4 Å². The van der Waals surface area contributed by atoms with E-state index >= 15 is 0 Å². The van der Waals surface area contributed by atoms with Gasteiger partial charge in [0.1, 0.15) is 0 Å². The topological polar surface area (TPSA) is 63.3 Å². The van der Waals surface area contributed by atoms with E-state index in [-0.39, 0.29) is 18.3 Å². The van der Waals surface area contributed by atoms with Crippen LogP contribution >= 0.6 is 12.4 Å². The van der Waals surface area contributed by atoms with Gasteiger partial charge in [-0.3, -0.25) is 4.79 Å². The fraction of sp³-hybridized carbons (Fsp3) is 0.188. The van der Waals surface area contributed by atoms with Crippen molar-refractivity contribution in [3.05, 3.63) is 71.8 Å². The van der Waals surface area contributed by atoms with Crippen LogP contribution in [0.2, 0.25) is 0 Å². The monoisotopic (exact) mass is 291 g/mol. The molecule has 3 N–H and O–H groups in total. The summed E-state index contributed by atoms with van der Waals surface area (Å²) >= 11 is 0. The second kappa shape index (κ2) is 7.68. The number of aliphatic carboxylic acids is 1. The summed E-state index contributed by atoms with van der Waals surface area (Å²) in [4.78, 5) is 11.6. The van der Waals surface area contributed by atoms with Crippen LogP contribution in [0.1, 0.15) is 23.0 Å². The molecule has 106 valence electrons. The third-order valence-corrected chi connectivity index (χ3v) is 3.31. The molecule has 0 saturated heterocycles. The van der Waals surface area contributed by atoms with Gasteiger partial charge in [-0.05, 0) is 11.1 Å². The second-order valence-corrected chi connectivity index (χ2v) is 4.48. The summed E-state index contributed by atoms with van der Waals surface area (Å²) in [5.74, 6) is -1.68. The number of rotatable bonds is 5. The molecule has 0 aliphatic heterocycles. The molecule has 3 nitrogen and oxygen atoms in total. The van der Waals surface area contributed by atoms with Crippen LogP contribution in [0.15, 0.2) is 60.7 Å². The summed E-state index contributed by atoms with van der Waals surface area (Å²) in [6.45, 7) is 0.301. The molecule has 0 spiro atoms. The molecule has 0 heterocycles. The number of halogens is 1. The van der Waals surface area contributed by atoms with Crippen molar-refractivity contribution in [1.82, 2.24) is 0 Å². The molecule has 2 rings (SSSR count). The van der Waals surface area contributed by atoms with Crippen molar-refractivity contribution in [3.8, 4) is 0 Å². The third kappa shape index (κ3) is 3.59. The molecule has 0 aromatic heterocycles. The van der Waals surface area contributed by atoms with E-state index in [0.29, 0.717) is 6.54 Å². The van der Waals surface area contributed by atoms with Gasteiger partial charge in [0, 0.05) is 12.5 Å². The summed E-state index contributed by atoms with van der Waals surface area (Å²) < 4.78 is 0. The fourth-order valence-corrected chi connectivity index (χ4v) is 2.37. The van der Waals surface area contributed by atoms with Gasteiger partial charge in [-0.15, -0.1) is 12.4 Å². The van der Waals surface area contributed by atoms with Gasteiger partial charge < -0.3 is 10.8 Å². The Hall–Kier alpha value is -1.84. The Labute approximate surface area is 124 Å². The number of hydrogen-bond acceptors (Lipinski definition) is 2. The Bertz CT molecular complexity index is 531. The van der Waals surface area contributed by atoms with Crippen molar-refractivity contribution < 1.29 is 9.90 Å². The summed E-state index contributed by atoms with van der Waals surface area (Å²) in [7, 11) is 0. The van der Waals surface area contributed by atoms with Crippen LogP contribution in [-0.2, 0) is 4.79 Å². The summed E-state index contributed by atoms with van der Waals surface area (Å²) in [6.07, 6.45) is 0. The molecule has 4 heteroatoms. The van der Waals surface area contributed by atoms with Crippen LogP contribution in [-0.4, -0.2) is 17.6 Å². The third-order valence-electron chi connectivity index (χ3n) is 3.31. The van der Waals surface area contributed by atoms with Crippen LogP contribution in [0, 0.1) is 0 Å². The van der Waals surface area contributed by atoms with E-state index in [0.717, 1.165) is 11.1 Å². The van der Waals surface area contributed by atoms with Crippen molar-refractivity contribution in [2.75, 3.05) is 6.54 Å². The minimum atomic E-state index is -0.842. The van der Waals surface area contributed by atoms with Crippen molar-refractivity contribution in [3.63, 3.8) is 0 Å². The smallest absolute Gasteiger partial charge is 0.311 e. The van der Waals surface area contributed by atoms with Crippen LogP contribution in [0.4, 0.5) is 0 Å². The zero-order valence-corrected chi connectivity index (χ0v) is 11.8. The molecule has 0 amide bonds. The van der Waals surface area contributed by atoms with Gasteiger partial charge in [0.05, 0.1) is 5.92 Å². The molecular weight excluding hydrogens is 274 g/mol. The number of hydrogen-bond donors (Lipinski definition) is 2. The molecule has 0 bridgehead atoms. The SMILES string of the molecule is Cl.NCC(c1ccccc1)C(C(=O)O)c1ccccc1. The van der Waals surface area contributed by atoms with Crippen molar-refractivity contribution in [1.29, 1.82) is 0 Å². The highest BCUT2D eigenvalue weighted by Crippen LogP contribution is 2.32. The lowest BCUT2D eigenvalue weighted by atomic mass is 9.81. The Morgan fingerprint density at radius 1 is 0.950 bits per heavy atom. The van der Waals surface area contributed by atoms with E-state index in [1.807, 2.05) is 60.7 Å². The van der Waals surface area contributed by atoms with Gasteiger partial charge in [0.15, 0.2) is 0 Å². The van der Waals surface area contributed by atoms with E-state index in [1.165, 1.54) is 0 Å². The highest BCUT2D eigenvalue weighted by molar-refractivity contribution is 5.85. The predicted molar refractivity (Wildman–Crippen MR) is 82.3 cm³/mol. The van der Waals surface area contributed by atoms with E-state index in [2.05, 4.69) is 0 Å². The van der Waals surface area contributed by atoms with Gasteiger partial charge in [-0.2, -0.15) is 0 Å². The van der Waals surface area contributed by atoms with Gasteiger partial charge in [0.2, 0.25) is 0 Å². The second-order valence-electron chi connectivity index (χ2n) is 4.48. The van der Waals surface area contributed by atoms with E-state index < -0.39 is 11.9 Å². The van der Waals surface area contributed by atoms with Gasteiger partial charge >= 0.3 is 5.97 Å².